The van der Waals surface area contributed by atoms with Crippen LogP contribution >= 0.6 is 0 Å². The lowest BCUT2D eigenvalue weighted by Gasteiger charge is -2.22. The van der Waals surface area contributed by atoms with E-state index < -0.39 is 0 Å². The maximum absolute atomic E-state index is 13.2. The average Bonchev–Trinajstić information content (AvgIpc) is 3.46. The third-order valence-corrected chi connectivity index (χ3v) is 5.41. The molecule has 0 spiro atoms. The third kappa shape index (κ3) is 6.55. The van der Waals surface area contributed by atoms with E-state index in [1.807, 2.05) is 30.3 Å². The molecule has 0 atom stereocenters. The summed E-state index contributed by atoms with van der Waals surface area (Å²) in [5.41, 5.74) is 3.09. The Bertz CT molecular complexity index is 1100. The number of anilines is 1. The second-order valence-electron chi connectivity index (χ2n) is 8.33. The molecule has 2 aromatic carbocycles. The van der Waals surface area contributed by atoms with E-state index in [4.69, 9.17) is 4.42 Å². The Balaban J connectivity index is 1.43. The number of nitrogens with one attached hydrogen (secondary N) is 2. The maximum Gasteiger partial charge on any atom is 0.251 e. The van der Waals surface area contributed by atoms with Crippen LogP contribution < -0.4 is 10.6 Å². The quantitative estimate of drug-likeness (QED) is 0.523. The number of furan rings is 1. The van der Waals surface area contributed by atoms with Crippen LogP contribution in [0.3, 0.4) is 0 Å². The van der Waals surface area contributed by atoms with Gasteiger partial charge in [0, 0.05) is 30.8 Å². The summed E-state index contributed by atoms with van der Waals surface area (Å²) in [6.07, 6.45) is 3.90. The predicted molar refractivity (Wildman–Crippen MR) is 124 cm³/mol. The molecule has 1 aliphatic rings. The van der Waals surface area contributed by atoms with E-state index in [0.717, 1.165) is 24.0 Å². The minimum absolute atomic E-state index is 0.0470. The first-order chi connectivity index (χ1) is 16.0. The van der Waals surface area contributed by atoms with Gasteiger partial charge in [-0.05, 0) is 60.4 Å². The first-order valence-electron chi connectivity index (χ1n) is 11.0. The molecule has 0 aliphatic heterocycles. The molecule has 0 unspecified atom stereocenters. The van der Waals surface area contributed by atoms with Gasteiger partial charge in [-0.2, -0.15) is 0 Å². The molecule has 3 aromatic rings. The summed E-state index contributed by atoms with van der Waals surface area (Å²) >= 11 is 0. The largest absolute Gasteiger partial charge is 0.467 e. The minimum Gasteiger partial charge on any atom is -0.467 e. The molecule has 1 heterocycles. The van der Waals surface area contributed by atoms with Crippen molar-refractivity contribution >= 4 is 23.4 Å². The zero-order valence-corrected chi connectivity index (χ0v) is 18.5. The minimum atomic E-state index is -0.139. The number of amides is 3. The van der Waals surface area contributed by atoms with E-state index >= 15 is 0 Å². The average molecular weight is 446 g/mol. The van der Waals surface area contributed by atoms with Crippen LogP contribution in [0.25, 0.3) is 0 Å². The van der Waals surface area contributed by atoms with Crippen LogP contribution in [0.5, 0.6) is 0 Å². The fraction of sp³-hybridized carbons (Fsp3) is 0.269. The normalized spacial score (nSPS) is 12.8. The summed E-state index contributed by atoms with van der Waals surface area (Å²) in [6, 6.07) is 18.5. The highest BCUT2D eigenvalue weighted by molar-refractivity contribution is 5.94. The second kappa shape index (κ2) is 10.2. The van der Waals surface area contributed by atoms with Crippen LogP contribution in [-0.2, 0) is 29.1 Å². The Morgan fingerprint density at radius 3 is 2.24 bits per heavy atom. The Morgan fingerprint density at radius 2 is 1.64 bits per heavy atom. The van der Waals surface area contributed by atoms with Crippen molar-refractivity contribution in [1.82, 2.24) is 10.2 Å². The summed E-state index contributed by atoms with van der Waals surface area (Å²) in [7, 11) is 0. The van der Waals surface area contributed by atoms with Gasteiger partial charge in [0.25, 0.3) is 5.91 Å². The van der Waals surface area contributed by atoms with Gasteiger partial charge in [0.05, 0.1) is 19.2 Å². The molecular formula is C26H27N3O4. The smallest absolute Gasteiger partial charge is 0.251 e. The molecular weight excluding hydrogens is 418 g/mol. The lowest BCUT2D eigenvalue weighted by molar-refractivity contribution is -0.132. The van der Waals surface area contributed by atoms with Crippen molar-refractivity contribution in [1.29, 1.82) is 0 Å². The number of nitrogens with zero attached hydrogens (tertiary/aromatic N) is 1. The maximum atomic E-state index is 13.2. The second-order valence-corrected chi connectivity index (χ2v) is 8.33. The predicted octanol–water partition coefficient (Wildman–Crippen LogP) is 3.90. The van der Waals surface area contributed by atoms with Crippen LogP contribution in [0.4, 0.5) is 5.69 Å². The Kier molecular flexibility index (Phi) is 6.88. The molecule has 0 radical (unpaired) electrons. The molecule has 4 rings (SSSR count). The first-order valence-corrected chi connectivity index (χ1v) is 11.0. The van der Waals surface area contributed by atoms with Gasteiger partial charge in [-0.25, -0.2) is 0 Å². The topological polar surface area (TPSA) is 91.7 Å². The molecule has 0 saturated heterocycles. The number of hydrogen-bond donors (Lipinski definition) is 2. The van der Waals surface area contributed by atoms with Crippen molar-refractivity contribution in [2.45, 2.75) is 45.3 Å². The standard InChI is InChI=1S/C26H27N3O4/c1-18(30)27-22-10-6-19(7-11-22)15-25(31)29(17-24-3-2-14-33-24)16-20-4-8-21(9-5-20)26(32)28-23-12-13-23/h2-11,14,23H,12-13,15-17H2,1H3,(H,27,30)(H,28,32). The van der Waals surface area contributed by atoms with Crippen molar-refractivity contribution in [2.24, 2.45) is 0 Å². The zero-order chi connectivity index (χ0) is 23.2. The Morgan fingerprint density at radius 1 is 0.939 bits per heavy atom. The van der Waals surface area contributed by atoms with Crippen LogP contribution in [0.15, 0.2) is 71.3 Å². The van der Waals surface area contributed by atoms with Crippen LogP contribution in [0.1, 0.15) is 47.0 Å². The SMILES string of the molecule is CC(=O)Nc1ccc(CC(=O)N(Cc2ccc(C(=O)NC3CC3)cc2)Cc2ccco2)cc1. The van der Waals surface area contributed by atoms with Gasteiger partial charge >= 0.3 is 0 Å². The van der Waals surface area contributed by atoms with Gasteiger partial charge in [0.2, 0.25) is 11.8 Å². The molecule has 0 bridgehead atoms. The van der Waals surface area contributed by atoms with E-state index in [0.29, 0.717) is 36.1 Å². The highest BCUT2D eigenvalue weighted by Crippen LogP contribution is 2.20. The molecule has 1 saturated carbocycles. The molecule has 1 aliphatic carbocycles. The van der Waals surface area contributed by atoms with Crippen molar-refractivity contribution in [2.75, 3.05) is 5.32 Å². The van der Waals surface area contributed by atoms with Gasteiger partial charge in [0.1, 0.15) is 5.76 Å². The van der Waals surface area contributed by atoms with E-state index in [9.17, 15) is 14.4 Å². The number of carbonyl (C=O) groups is 3. The summed E-state index contributed by atoms with van der Waals surface area (Å²) in [4.78, 5) is 38.3. The van der Waals surface area contributed by atoms with Gasteiger partial charge in [-0.3, -0.25) is 14.4 Å². The molecule has 7 nitrogen and oxygen atoms in total. The van der Waals surface area contributed by atoms with Gasteiger partial charge < -0.3 is 20.0 Å². The highest BCUT2D eigenvalue weighted by Gasteiger charge is 2.24. The fourth-order valence-electron chi connectivity index (χ4n) is 3.50. The summed E-state index contributed by atoms with van der Waals surface area (Å²) in [5.74, 6) is 0.453. The molecule has 170 valence electrons. The number of hydrogen-bond acceptors (Lipinski definition) is 4. The Labute approximate surface area is 192 Å². The molecule has 1 fully saturated rings. The van der Waals surface area contributed by atoms with Crippen LogP contribution in [0, 0.1) is 0 Å². The lowest BCUT2D eigenvalue weighted by Crippen LogP contribution is -2.31. The molecule has 3 amide bonds. The third-order valence-electron chi connectivity index (χ3n) is 5.41. The summed E-state index contributed by atoms with van der Waals surface area (Å²) in [5, 5.41) is 5.70. The number of rotatable bonds is 9. The summed E-state index contributed by atoms with van der Waals surface area (Å²) < 4.78 is 5.46. The first kappa shape index (κ1) is 22.3. The van der Waals surface area contributed by atoms with Crippen LogP contribution in [-0.4, -0.2) is 28.7 Å². The van der Waals surface area contributed by atoms with Gasteiger partial charge in [-0.15, -0.1) is 0 Å². The van der Waals surface area contributed by atoms with E-state index in [1.165, 1.54) is 6.92 Å². The summed E-state index contributed by atoms with van der Waals surface area (Å²) in [6.45, 7) is 2.20. The fourth-order valence-corrected chi connectivity index (χ4v) is 3.50. The molecule has 1 aromatic heterocycles. The van der Waals surface area contributed by atoms with Crippen LogP contribution in [0.2, 0.25) is 0 Å². The van der Waals surface area contributed by atoms with Gasteiger partial charge in [0.15, 0.2) is 0 Å². The lowest BCUT2D eigenvalue weighted by atomic mass is 10.1. The highest BCUT2D eigenvalue weighted by atomic mass is 16.3. The monoisotopic (exact) mass is 445 g/mol. The Hall–Kier alpha value is -3.87. The van der Waals surface area contributed by atoms with E-state index in [2.05, 4.69) is 10.6 Å². The molecule has 7 heteroatoms. The van der Waals surface area contributed by atoms with Crippen molar-refractivity contribution in [3.8, 4) is 0 Å². The number of benzene rings is 2. The van der Waals surface area contributed by atoms with Crippen molar-refractivity contribution in [3.63, 3.8) is 0 Å². The molecule has 2 N–H and O–H groups in total. The van der Waals surface area contributed by atoms with E-state index in [-0.39, 0.29) is 24.1 Å². The number of carbonyl (C=O) groups excluding carboxylic acids is 3. The zero-order valence-electron chi connectivity index (χ0n) is 18.5. The van der Waals surface area contributed by atoms with Crippen molar-refractivity contribution in [3.05, 3.63) is 89.4 Å². The molecule has 33 heavy (non-hydrogen) atoms. The van der Waals surface area contributed by atoms with Crippen molar-refractivity contribution < 1.29 is 18.8 Å². The van der Waals surface area contributed by atoms with E-state index in [1.54, 1.807) is 41.5 Å². The van der Waals surface area contributed by atoms with Gasteiger partial charge in [-0.1, -0.05) is 24.3 Å².